The van der Waals surface area contributed by atoms with Crippen molar-refractivity contribution in [3.05, 3.63) is 12.0 Å². The summed E-state index contributed by atoms with van der Waals surface area (Å²) in [5.74, 6) is -0.239. The first-order valence-electron chi connectivity index (χ1n) is 4.41. The van der Waals surface area contributed by atoms with Crippen molar-refractivity contribution in [2.75, 3.05) is 6.61 Å². The Labute approximate surface area is 92.2 Å². The van der Waals surface area contributed by atoms with Crippen LogP contribution in [-0.4, -0.2) is 30.9 Å². The molecular weight excluding hydrogens is 236 g/mol. The van der Waals surface area contributed by atoms with E-state index in [0.29, 0.717) is 12.2 Å². The van der Waals surface area contributed by atoms with E-state index >= 15 is 0 Å². The summed E-state index contributed by atoms with van der Waals surface area (Å²) in [7, 11) is -3.84. The Balaban J connectivity index is 2.66. The lowest BCUT2D eigenvalue weighted by Crippen LogP contribution is -2.29. The van der Waals surface area contributed by atoms with Gasteiger partial charge in [0, 0.05) is 6.42 Å². The van der Waals surface area contributed by atoms with Gasteiger partial charge in [0.25, 0.3) is 10.0 Å². The zero-order chi connectivity index (χ0) is 12.2. The molecule has 0 saturated carbocycles. The summed E-state index contributed by atoms with van der Waals surface area (Å²) in [6, 6.07) is 0. The third kappa shape index (κ3) is 3.29. The Kier molecular flexibility index (Phi) is 3.99. The van der Waals surface area contributed by atoms with Crippen molar-refractivity contribution in [1.29, 1.82) is 0 Å². The maximum absolute atomic E-state index is 11.5. The fraction of sp³-hybridized carbons (Fsp3) is 0.429. The molecule has 1 heterocycles. The van der Waals surface area contributed by atoms with Crippen LogP contribution >= 0.6 is 0 Å². The minimum absolute atomic E-state index is 0.131. The van der Waals surface area contributed by atoms with Gasteiger partial charge >= 0.3 is 0 Å². The number of primary amides is 1. The molecule has 9 heteroatoms. The van der Waals surface area contributed by atoms with Crippen LogP contribution in [0.3, 0.4) is 0 Å². The summed E-state index contributed by atoms with van der Waals surface area (Å²) in [5, 5.41) is -0.131. The summed E-state index contributed by atoms with van der Waals surface area (Å²) in [4.78, 5) is 22.9. The topological polar surface area (TPSA) is 127 Å². The molecule has 0 unspecified atom stereocenters. The van der Waals surface area contributed by atoms with E-state index in [4.69, 9.17) is 5.73 Å². The number of sulfonamides is 1. The molecule has 90 valence electrons. The molecule has 1 aromatic heterocycles. The number of carbonyl (C=O) groups is 1. The second-order valence-corrected chi connectivity index (χ2v) is 4.50. The molecule has 8 nitrogen and oxygen atoms in total. The number of H-pyrrole nitrogens is 1. The number of aromatic nitrogens is 2. The summed E-state index contributed by atoms with van der Waals surface area (Å²) < 4.78 is 23.0. The third-order valence-corrected chi connectivity index (χ3v) is 2.74. The number of amides is 1. The lowest BCUT2D eigenvalue weighted by molar-refractivity contribution is -0.123. The maximum atomic E-state index is 11.5. The Morgan fingerprint density at radius 1 is 1.69 bits per heavy atom. The van der Waals surface area contributed by atoms with Crippen LogP contribution in [0.15, 0.2) is 11.2 Å². The monoisotopic (exact) mass is 248 g/mol. The van der Waals surface area contributed by atoms with Gasteiger partial charge in [-0.05, 0) is 0 Å². The molecule has 0 saturated heterocycles. The molecule has 0 bridgehead atoms. The largest absolute Gasteiger partial charge is 0.368 e. The number of hydrogen-bond donors (Lipinski definition) is 3. The minimum atomic E-state index is -3.84. The number of carbonyl (C=O) groups excluding carboxylic acids is 1. The van der Waals surface area contributed by atoms with Crippen molar-refractivity contribution in [3.8, 4) is 0 Å². The van der Waals surface area contributed by atoms with Crippen molar-refractivity contribution >= 4 is 15.9 Å². The molecule has 0 spiro atoms. The lowest BCUT2D eigenvalue weighted by atomic mass is 10.5. The normalized spacial score (nSPS) is 11.6. The number of aryl methyl sites for hydroxylation is 1. The third-order valence-electron chi connectivity index (χ3n) is 1.61. The standard InChI is InChI=1S/C7H12N4O4S/c1-2-6-9-3-7(10-6)16(13,14)11-15-4-5(8)12/h3,11H,2,4H2,1H3,(H2,8,12)(H,9,10). The van der Waals surface area contributed by atoms with E-state index < -0.39 is 22.5 Å². The molecule has 4 N–H and O–H groups in total. The highest BCUT2D eigenvalue weighted by Crippen LogP contribution is 2.05. The van der Waals surface area contributed by atoms with Crippen LogP contribution < -0.4 is 10.6 Å². The number of nitrogens with one attached hydrogen (secondary N) is 2. The molecular formula is C7H12N4O4S. The van der Waals surface area contributed by atoms with Gasteiger partial charge in [-0.1, -0.05) is 11.8 Å². The van der Waals surface area contributed by atoms with Crippen molar-refractivity contribution in [2.24, 2.45) is 5.73 Å². The minimum Gasteiger partial charge on any atom is -0.368 e. The van der Waals surface area contributed by atoms with E-state index in [1.807, 2.05) is 6.92 Å². The molecule has 16 heavy (non-hydrogen) atoms. The van der Waals surface area contributed by atoms with Crippen molar-refractivity contribution < 1.29 is 18.0 Å². The maximum Gasteiger partial charge on any atom is 0.279 e. The molecule has 0 aliphatic carbocycles. The van der Waals surface area contributed by atoms with E-state index in [2.05, 4.69) is 14.8 Å². The Bertz CT molecular complexity index is 466. The van der Waals surface area contributed by atoms with Crippen LogP contribution in [0.2, 0.25) is 0 Å². The van der Waals surface area contributed by atoms with Crippen molar-refractivity contribution in [1.82, 2.24) is 14.9 Å². The molecule has 1 rings (SSSR count). The molecule has 0 atom stereocenters. The molecule has 1 aromatic rings. The predicted octanol–water partition coefficient (Wildman–Crippen LogP) is -1.33. The van der Waals surface area contributed by atoms with Gasteiger partial charge in [-0.15, -0.1) is 0 Å². The number of rotatable bonds is 6. The predicted molar refractivity (Wildman–Crippen MR) is 53.4 cm³/mol. The van der Waals surface area contributed by atoms with Crippen LogP contribution in [0.25, 0.3) is 0 Å². The fourth-order valence-corrected chi connectivity index (χ4v) is 1.63. The van der Waals surface area contributed by atoms with E-state index in [1.54, 1.807) is 4.89 Å². The lowest BCUT2D eigenvalue weighted by Gasteiger charge is -2.02. The highest BCUT2D eigenvalue weighted by atomic mass is 32.2. The zero-order valence-corrected chi connectivity index (χ0v) is 9.37. The first kappa shape index (κ1) is 12.6. The number of hydrogen-bond acceptors (Lipinski definition) is 5. The van der Waals surface area contributed by atoms with Crippen LogP contribution in [0.5, 0.6) is 0 Å². The number of imidazole rings is 1. The summed E-state index contributed by atoms with van der Waals surface area (Å²) >= 11 is 0. The van der Waals surface area contributed by atoms with Gasteiger partial charge < -0.3 is 10.7 Å². The van der Waals surface area contributed by atoms with Gasteiger partial charge in [-0.2, -0.15) is 0 Å². The quantitative estimate of drug-likeness (QED) is 0.537. The highest BCUT2D eigenvalue weighted by molar-refractivity contribution is 7.89. The number of aromatic amines is 1. The molecule has 0 aliphatic rings. The smallest absolute Gasteiger partial charge is 0.279 e. The van der Waals surface area contributed by atoms with Gasteiger partial charge in [0.2, 0.25) is 5.91 Å². The molecule has 0 radical (unpaired) electrons. The van der Waals surface area contributed by atoms with Crippen molar-refractivity contribution in [3.63, 3.8) is 0 Å². The van der Waals surface area contributed by atoms with Crippen LogP contribution in [0, 0.1) is 0 Å². The summed E-state index contributed by atoms with van der Waals surface area (Å²) in [6.07, 6.45) is 1.74. The Morgan fingerprint density at radius 3 is 2.88 bits per heavy atom. The van der Waals surface area contributed by atoms with Gasteiger partial charge in [0.1, 0.15) is 12.4 Å². The molecule has 0 fully saturated rings. The molecule has 1 amide bonds. The van der Waals surface area contributed by atoms with Gasteiger partial charge in [0.05, 0.1) is 6.20 Å². The molecule has 0 aromatic carbocycles. The van der Waals surface area contributed by atoms with Gasteiger partial charge in [-0.25, -0.2) is 13.4 Å². The second kappa shape index (κ2) is 5.05. The first-order chi connectivity index (χ1) is 7.45. The van der Waals surface area contributed by atoms with Crippen LogP contribution in [-0.2, 0) is 26.1 Å². The van der Waals surface area contributed by atoms with Crippen LogP contribution in [0.1, 0.15) is 12.7 Å². The van der Waals surface area contributed by atoms with Gasteiger partial charge in [0.15, 0.2) is 5.03 Å². The zero-order valence-electron chi connectivity index (χ0n) is 8.56. The van der Waals surface area contributed by atoms with E-state index in [1.165, 1.54) is 0 Å². The average Bonchev–Trinajstić information content (AvgIpc) is 2.65. The van der Waals surface area contributed by atoms with E-state index in [0.717, 1.165) is 6.20 Å². The van der Waals surface area contributed by atoms with Crippen molar-refractivity contribution in [2.45, 2.75) is 18.4 Å². The SMILES string of the molecule is CCc1ncc(S(=O)(=O)NOCC(N)=O)[nH]1. The average molecular weight is 248 g/mol. The van der Waals surface area contributed by atoms with Crippen LogP contribution in [0.4, 0.5) is 0 Å². The number of nitrogens with two attached hydrogens (primary N) is 1. The second-order valence-electron chi connectivity index (χ2n) is 2.89. The Hall–Kier alpha value is -1.45. The highest BCUT2D eigenvalue weighted by Gasteiger charge is 2.17. The first-order valence-corrected chi connectivity index (χ1v) is 5.90. The fourth-order valence-electron chi connectivity index (χ4n) is 0.883. The van der Waals surface area contributed by atoms with Gasteiger partial charge in [-0.3, -0.25) is 9.63 Å². The summed E-state index contributed by atoms with van der Waals surface area (Å²) in [5.41, 5.74) is 4.77. The van der Waals surface area contributed by atoms with E-state index in [-0.39, 0.29) is 5.03 Å². The molecule has 0 aliphatic heterocycles. The van der Waals surface area contributed by atoms with E-state index in [9.17, 15) is 13.2 Å². The summed E-state index contributed by atoms with van der Waals surface area (Å²) in [6.45, 7) is 1.29. The Morgan fingerprint density at radius 2 is 2.38 bits per heavy atom. The number of nitrogens with zero attached hydrogens (tertiary/aromatic N) is 1.